The van der Waals surface area contributed by atoms with Crippen LogP contribution in [0.3, 0.4) is 0 Å². The van der Waals surface area contributed by atoms with Gasteiger partial charge in [0.2, 0.25) is 0 Å². The second-order valence-electron chi connectivity index (χ2n) is 1.34. The van der Waals surface area contributed by atoms with Crippen LogP contribution in [0.5, 0.6) is 0 Å². The lowest BCUT2D eigenvalue weighted by molar-refractivity contribution is 0.943. The summed E-state index contributed by atoms with van der Waals surface area (Å²) < 4.78 is 0. The monoisotopic (exact) mass is 155 g/mol. The van der Waals surface area contributed by atoms with Crippen LogP contribution in [0.2, 0.25) is 0 Å². The first-order chi connectivity index (χ1) is 3.41. The zero-order valence-electron chi connectivity index (χ0n) is 5.22. The van der Waals surface area contributed by atoms with E-state index >= 15 is 0 Å². The van der Waals surface area contributed by atoms with Gasteiger partial charge in [0.15, 0.2) is 0 Å². The van der Waals surface area contributed by atoms with Gasteiger partial charge in [0.05, 0.1) is 0 Å². The average molecular weight is 156 g/mol. The standard InChI is InChI=1S/C5H13NS.ClH/c1-2-7-5-3-4-6;/h2-6H2,1H3;1H. The second-order valence-corrected chi connectivity index (χ2v) is 2.73. The minimum Gasteiger partial charge on any atom is -0.330 e. The van der Waals surface area contributed by atoms with Crippen LogP contribution >= 0.6 is 24.2 Å². The average Bonchev–Trinajstić information content (AvgIpc) is 1.69. The molecule has 0 spiro atoms. The van der Waals surface area contributed by atoms with Crippen molar-refractivity contribution >= 4 is 24.2 Å². The van der Waals surface area contributed by atoms with Gasteiger partial charge in [-0.15, -0.1) is 12.4 Å². The van der Waals surface area contributed by atoms with Crippen LogP contribution in [0.1, 0.15) is 13.3 Å². The minimum absolute atomic E-state index is 0. The summed E-state index contributed by atoms with van der Waals surface area (Å²) in [5, 5.41) is 0. The van der Waals surface area contributed by atoms with Crippen molar-refractivity contribution in [2.24, 2.45) is 5.73 Å². The molecule has 0 bridgehead atoms. The molecule has 0 heterocycles. The zero-order valence-corrected chi connectivity index (χ0v) is 6.86. The van der Waals surface area contributed by atoms with Gasteiger partial charge in [0.25, 0.3) is 0 Å². The molecule has 0 atom stereocenters. The van der Waals surface area contributed by atoms with Gasteiger partial charge >= 0.3 is 0 Å². The first-order valence-electron chi connectivity index (χ1n) is 2.69. The molecule has 0 aliphatic rings. The fourth-order valence-corrected chi connectivity index (χ4v) is 0.989. The summed E-state index contributed by atoms with van der Waals surface area (Å²) >= 11 is 1.95. The van der Waals surface area contributed by atoms with Gasteiger partial charge in [-0.3, -0.25) is 0 Å². The largest absolute Gasteiger partial charge is 0.330 e. The molecule has 52 valence electrons. The van der Waals surface area contributed by atoms with Crippen LogP contribution in [-0.4, -0.2) is 18.1 Å². The highest BCUT2D eigenvalue weighted by Gasteiger charge is 1.79. The summed E-state index contributed by atoms with van der Waals surface area (Å²) in [7, 11) is 0. The van der Waals surface area contributed by atoms with Crippen molar-refractivity contribution < 1.29 is 0 Å². The van der Waals surface area contributed by atoms with Gasteiger partial charge < -0.3 is 5.73 Å². The molecule has 0 fully saturated rings. The summed E-state index contributed by atoms with van der Waals surface area (Å²) in [6.07, 6.45) is 1.17. The number of hydrogen-bond acceptors (Lipinski definition) is 2. The van der Waals surface area contributed by atoms with E-state index < -0.39 is 0 Å². The van der Waals surface area contributed by atoms with Crippen molar-refractivity contribution in [3.8, 4) is 0 Å². The topological polar surface area (TPSA) is 26.0 Å². The molecule has 8 heavy (non-hydrogen) atoms. The Morgan fingerprint density at radius 1 is 1.50 bits per heavy atom. The number of rotatable bonds is 4. The third kappa shape index (κ3) is 9.78. The van der Waals surface area contributed by atoms with E-state index in [1.165, 1.54) is 17.9 Å². The van der Waals surface area contributed by atoms with E-state index in [4.69, 9.17) is 5.73 Å². The van der Waals surface area contributed by atoms with E-state index in [1.807, 2.05) is 11.8 Å². The molecule has 0 aromatic rings. The predicted molar refractivity (Wildman–Crippen MR) is 43.9 cm³/mol. The normalized spacial score (nSPS) is 8.25. The molecule has 0 amide bonds. The summed E-state index contributed by atoms with van der Waals surface area (Å²) in [6.45, 7) is 3.01. The van der Waals surface area contributed by atoms with E-state index in [9.17, 15) is 0 Å². The predicted octanol–water partition coefficient (Wildman–Crippen LogP) is 1.51. The summed E-state index contributed by atoms with van der Waals surface area (Å²) in [6, 6.07) is 0. The van der Waals surface area contributed by atoms with Crippen molar-refractivity contribution in [2.75, 3.05) is 18.1 Å². The SMILES string of the molecule is CCSCCCN.Cl. The third-order valence-electron chi connectivity index (χ3n) is 0.697. The van der Waals surface area contributed by atoms with Gasteiger partial charge in [-0.1, -0.05) is 6.92 Å². The highest BCUT2D eigenvalue weighted by Crippen LogP contribution is 1.98. The molecule has 0 aliphatic heterocycles. The third-order valence-corrected chi connectivity index (χ3v) is 1.68. The van der Waals surface area contributed by atoms with Crippen LogP contribution in [0.15, 0.2) is 0 Å². The Bertz CT molecular complexity index is 31.6. The van der Waals surface area contributed by atoms with Gasteiger partial charge in [-0.05, 0) is 24.5 Å². The van der Waals surface area contributed by atoms with Crippen molar-refractivity contribution in [3.63, 3.8) is 0 Å². The summed E-state index contributed by atoms with van der Waals surface area (Å²) in [4.78, 5) is 0. The van der Waals surface area contributed by atoms with Crippen LogP contribution in [0.4, 0.5) is 0 Å². The zero-order chi connectivity index (χ0) is 5.54. The number of halogens is 1. The van der Waals surface area contributed by atoms with E-state index in [-0.39, 0.29) is 12.4 Å². The van der Waals surface area contributed by atoms with Gasteiger partial charge in [0.1, 0.15) is 0 Å². The molecule has 0 aromatic heterocycles. The smallest absolute Gasteiger partial charge is 0.00556 e. The summed E-state index contributed by atoms with van der Waals surface area (Å²) in [5.41, 5.74) is 5.26. The van der Waals surface area contributed by atoms with E-state index in [2.05, 4.69) is 6.92 Å². The van der Waals surface area contributed by atoms with E-state index in [1.54, 1.807) is 0 Å². The molecular weight excluding hydrogens is 142 g/mol. The quantitative estimate of drug-likeness (QED) is 0.623. The van der Waals surface area contributed by atoms with E-state index in [0.717, 1.165) is 6.54 Å². The van der Waals surface area contributed by atoms with Crippen LogP contribution in [0.25, 0.3) is 0 Å². The van der Waals surface area contributed by atoms with Crippen molar-refractivity contribution in [3.05, 3.63) is 0 Å². The maximum atomic E-state index is 5.26. The first kappa shape index (κ1) is 11.4. The lowest BCUT2D eigenvalue weighted by atomic mass is 10.5. The Morgan fingerprint density at radius 2 is 2.12 bits per heavy atom. The molecule has 2 N–H and O–H groups in total. The summed E-state index contributed by atoms with van der Waals surface area (Å²) in [5.74, 6) is 2.45. The van der Waals surface area contributed by atoms with Gasteiger partial charge in [-0.2, -0.15) is 11.8 Å². The number of thioether (sulfide) groups is 1. The van der Waals surface area contributed by atoms with Crippen LogP contribution in [0, 0.1) is 0 Å². The maximum absolute atomic E-state index is 5.26. The lowest BCUT2D eigenvalue weighted by Gasteiger charge is -1.91. The molecule has 1 nitrogen and oxygen atoms in total. The van der Waals surface area contributed by atoms with Gasteiger partial charge in [-0.25, -0.2) is 0 Å². The second kappa shape index (κ2) is 10.6. The molecule has 0 radical (unpaired) electrons. The molecule has 0 saturated carbocycles. The van der Waals surface area contributed by atoms with Crippen LogP contribution in [-0.2, 0) is 0 Å². The first-order valence-corrected chi connectivity index (χ1v) is 3.85. The fourth-order valence-electron chi connectivity index (χ4n) is 0.330. The molecule has 0 saturated heterocycles. The molecule has 0 unspecified atom stereocenters. The maximum Gasteiger partial charge on any atom is -0.00556 e. The Kier molecular flexibility index (Phi) is 15.0. The minimum atomic E-state index is 0. The molecule has 0 aliphatic carbocycles. The van der Waals surface area contributed by atoms with E-state index in [0.29, 0.717) is 0 Å². The Labute approximate surface area is 61.8 Å². The van der Waals surface area contributed by atoms with Crippen molar-refractivity contribution in [1.29, 1.82) is 0 Å². The fraction of sp³-hybridized carbons (Fsp3) is 1.00. The van der Waals surface area contributed by atoms with Crippen molar-refractivity contribution in [1.82, 2.24) is 0 Å². The number of nitrogens with two attached hydrogens (primary N) is 1. The highest BCUT2D eigenvalue weighted by atomic mass is 35.5. The van der Waals surface area contributed by atoms with Crippen LogP contribution < -0.4 is 5.73 Å². The van der Waals surface area contributed by atoms with Crippen molar-refractivity contribution in [2.45, 2.75) is 13.3 Å². The lowest BCUT2D eigenvalue weighted by Crippen LogP contribution is -1.99. The molecular formula is C5H14ClNS. The Morgan fingerprint density at radius 3 is 2.50 bits per heavy atom. The Balaban J connectivity index is 0. The molecule has 0 aromatic carbocycles. The molecule has 3 heteroatoms. The highest BCUT2D eigenvalue weighted by molar-refractivity contribution is 7.99. The number of hydrogen-bond donors (Lipinski definition) is 1. The molecule has 0 rings (SSSR count). The Hall–Kier alpha value is 0.600. The van der Waals surface area contributed by atoms with Gasteiger partial charge in [0, 0.05) is 0 Å².